The molecule has 0 spiro atoms. The molecule has 0 aliphatic carbocycles. The number of para-hydroxylation sites is 1. The van der Waals surface area contributed by atoms with Gasteiger partial charge in [0, 0.05) is 6.07 Å². The SMILES string of the molecule is CCCn1nnc(NC(=S)NC(=O)c2ccccc2[N+](=O)[O-])n1. The molecule has 0 saturated heterocycles. The van der Waals surface area contributed by atoms with Gasteiger partial charge < -0.3 is 0 Å². The molecule has 0 unspecified atom stereocenters. The van der Waals surface area contributed by atoms with E-state index in [1.165, 1.54) is 29.1 Å². The summed E-state index contributed by atoms with van der Waals surface area (Å²) in [7, 11) is 0. The zero-order chi connectivity index (χ0) is 16.8. The zero-order valence-electron chi connectivity index (χ0n) is 12.1. The lowest BCUT2D eigenvalue weighted by Crippen LogP contribution is -2.34. The summed E-state index contributed by atoms with van der Waals surface area (Å²) < 4.78 is 0. The number of nitro benzene ring substituents is 1. The number of rotatable bonds is 5. The number of aryl methyl sites for hydroxylation is 1. The Labute approximate surface area is 136 Å². The molecule has 1 heterocycles. The van der Waals surface area contributed by atoms with Crippen molar-refractivity contribution in [3.63, 3.8) is 0 Å². The molecule has 0 aliphatic heterocycles. The molecule has 0 fully saturated rings. The van der Waals surface area contributed by atoms with Gasteiger partial charge in [0.15, 0.2) is 5.11 Å². The Hall–Kier alpha value is -2.95. The van der Waals surface area contributed by atoms with Crippen LogP contribution in [-0.2, 0) is 6.54 Å². The Morgan fingerprint density at radius 3 is 2.87 bits per heavy atom. The quantitative estimate of drug-likeness (QED) is 0.472. The third kappa shape index (κ3) is 4.26. The first kappa shape index (κ1) is 16.4. The Kier molecular flexibility index (Phi) is 5.25. The molecule has 0 aliphatic rings. The number of hydrogen-bond acceptors (Lipinski definition) is 7. The second-order valence-electron chi connectivity index (χ2n) is 4.39. The van der Waals surface area contributed by atoms with Crippen LogP contribution in [0.1, 0.15) is 23.7 Å². The molecule has 11 heteroatoms. The highest BCUT2D eigenvalue weighted by Crippen LogP contribution is 2.17. The molecule has 1 aromatic carbocycles. The first-order valence-corrected chi connectivity index (χ1v) is 7.05. The van der Waals surface area contributed by atoms with E-state index in [9.17, 15) is 14.9 Å². The van der Waals surface area contributed by atoms with Crippen molar-refractivity contribution in [3.8, 4) is 0 Å². The lowest BCUT2D eigenvalue weighted by molar-refractivity contribution is -0.385. The minimum atomic E-state index is -0.698. The monoisotopic (exact) mass is 335 g/mol. The minimum absolute atomic E-state index is 0.0794. The molecule has 0 saturated carbocycles. The number of thiocarbonyl (C=S) groups is 1. The van der Waals surface area contributed by atoms with Crippen molar-refractivity contribution < 1.29 is 9.72 Å². The number of aromatic nitrogens is 4. The Morgan fingerprint density at radius 2 is 2.17 bits per heavy atom. The number of amides is 1. The molecule has 2 rings (SSSR count). The first-order valence-electron chi connectivity index (χ1n) is 6.64. The van der Waals surface area contributed by atoms with Crippen LogP contribution in [0.25, 0.3) is 0 Å². The topological polar surface area (TPSA) is 128 Å². The Bertz CT molecular complexity index is 746. The van der Waals surface area contributed by atoms with Crippen LogP contribution in [0.15, 0.2) is 24.3 Å². The second kappa shape index (κ2) is 7.35. The van der Waals surface area contributed by atoms with Gasteiger partial charge >= 0.3 is 0 Å². The molecule has 120 valence electrons. The van der Waals surface area contributed by atoms with Gasteiger partial charge in [0.05, 0.1) is 11.5 Å². The highest BCUT2D eigenvalue weighted by molar-refractivity contribution is 7.80. The first-order chi connectivity index (χ1) is 11.0. The lowest BCUT2D eigenvalue weighted by Gasteiger charge is -2.06. The third-order valence-electron chi connectivity index (χ3n) is 2.67. The van der Waals surface area contributed by atoms with Crippen molar-refractivity contribution in [2.45, 2.75) is 19.9 Å². The van der Waals surface area contributed by atoms with Gasteiger partial charge in [0.2, 0.25) is 0 Å². The molecule has 0 bridgehead atoms. The number of tetrazole rings is 1. The minimum Gasteiger partial charge on any atom is -0.298 e. The second-order valence-corrected chi connectivity index (χ2v) is 4.80. The van der Waals surface area contributed by atoms with E-state index in [4.69, 9.17) is 12.2 Å². The van der Waals surface area contributed by atoms with Crippen molar-refractivity contribution in [2.24, 2.45) is 0 Å². The Balaban J connectivity index is 2.02. The van der Waals surface area contributed by atoms with E-state index in [1.54, 1.807) is 0 Å². The molecule has 2 aromatic rings. The fraction of sp³-hybridized carbons (Fsp3) is 0.250. The van der Waals surface area contributed by atoms with Crippen molar-refractivity contribution >= 4 is 34.9 Å². The number of anilines is 1. The van der Waals surface area contributed by atoms with Crippen molar-refractivity contribution in [2.75, 3.05) is 5.32 Å². The summed E-state index contributed by atoms with van der Waals surface area (Å²) in [4.78, 5) is 23.7. The molecule has 1 aromatic heterocycles. The fourth-order valence-electron chi connectivity index (χ4n) is 1.72. The van der Waals surface area contributed by atoms with E-state index in [2.05, 4.69) is 26.0 Å². The van der Waals surface area contributed by atoms with Crippen LogP contribution in [0.5, 0.6) is 0 Å². The van der Waals surface area contributed by atoms with E-state index >= 15 is 0 Å². The zero-order valence-corrected chi connectivity index (χ0v) is 12.9. The van der Waals surface area contributed by atoms with Crippen LogP contribution in [-0.4, -0.2) is 36.2 Å². The predicted octanol–water partition coefficient (Wildman–Crippen LogP) is 1.12. The van der Waals surface area contributed by atoms with Gasteiger partial charge in [0.1, 0.15) is 5.56 Å². The van der Waals surface area contributed by atoms with Gasteiger partial charge in [-0.1, -0.05) is 24.2 Å². The average Bonchev–Trinajstić information content (AvgIpc) is 2.94. The summed E-state index contributed by atoms with van der Waals surface area (Å²) in [5.41, 5.74) is -0.399. The molecule has 1 amide bonds. The number of hydrogen-bond donors (Lipinski definition) is 2. The maximum absolute atomic E-state index is 12.1. The van der Waals surface area contributed by atoms with Crippen molar-refractivity contribution in [1.82, 2.24) is 25.5 Å². The third-order valence-corrected chi connectivity index (χ3v) is 2.88. The smallest absolute Gasteiger partial charge is 0.282 e. The van der Waals surface area contributed by atoms with E-state index in [0.29, 0.717) is 6.54 Å². The van der Waals surface area contributed by atoms with Crippen molar-refractivity contribution in [1.29, 1.82) is 0 Å². The number of carbonyl (C=O) groups is 1. The number of nitrogens with one attached hydrogen (secondary N) is 2. The maximum atomic E-state index is 12.1. The summed E-state index contributed by atoms with van der Waals surface area (Å²) in [5.74, 6) is -0.568. The van der Waals surface area contributed by atoms with Gasteiger partial charge in [-0.25, -0.2) is 0 Å². The van der Waals surface area contributed by atoms with Crippen LogP contribution in [0.2, 0.25) is 0 Å². The predicted molar refractivity (Wildman–Crippen MR) is 84.9 cm³/mol. The molecular formula is C12H13N7O3S. The molecule has 10 nitrogen and oxygen atoms in total. The van der Waals surface area contributed by atoms with Crippen molar-refractivity contribution in [3.05, 3.63) is 39.9 Å². The highest BCUT2D eigenvalue weighted by atomic mass is 32.1. The van der Waals surface area contributed by atoms with Gasteiger partial charge in [-0.2, -0.15) is 4.80 Å². The van der Waals surface area contributed by atoms with Gasteiger partial charge in [-0.3, -0.25) is 25.5 Å². The molecule has 0 radical (unpaired) electrons. The fourth-order valence-corrected chi connectivity index (χ4v) is 1.90. The molecule has 23 heavy (non-hydrogen) atoms. The average molecular weight is 335 g/mol. The standard InChI is InChI=1S/C12H13N7O3S/c1-2-7-18-16-11(15-17-18)14-12(23)13-10(20)8-5-3-4-6-9(8)19(21)22/h3-6H,2,7H2,1H3,(H2,13,14,16,20,23). The van der Waals surface area contributed by atoms with Crippen LogP contribution < -0.4 is 10.6 Å². The number of nitrogens with zero attached hydrogens (tertiary/aromatic N) is 5. The van der Waals surface area contributed by atoms with Gasteiger partial charge in [-0.15, -0.1) is 5.10 Å². The molecular weight excluding hydrogens is 322 g/mol. The Morgan fingerprint density at radius 1 is 1.43 bits per heavy atom. The van der Waals surface area contributed by atoms with Crippen LogP contribution in [0.3, 0.4) is 0 Å². The van der Waals surface area contributed by atoms with Crippen LogP contribution >= 0.6 is 12.2 Å². The van der Waals surface area contributed by atoms with Crippen LogP contribution in [0.4, 0.5) is 11.6 Å². The summed E-state index contributed by atoms with van der Waals surface area (Å²) in [6.45, 7) is 2.57. The molecule has 0 atom stereocenters. The van der Waals surface area contributed by atoms with E-state index in [1.807, 2.05) is 6.92 Å². The van der Waals surface area contributed by atoms with E-state index in [0.717, 1.165) is 6.42 Å². The maximum Gasteiger partial charge on any atom is 0.282 e. The summed E-state index contributed by atoms with van der Waals surface area (Å²) >= 11 is 4.97. The summed E-state index contributed by atoms with van der Waals surface area (Å²) in [5, 5.41) is 27.3. The number of nitro groups is 1. The van der Waals surface area contributed by atoms with Crippen LogP contribution in [0, 0.1) is 10.1 Å². The normalized spacial score (nSPS) is 10.1. The highest BCUT2D eigenvalue weighted by Gasteiger charge is 2.20. The number of benzene rings is 1. The molecule has 2 N–H and O–H groups in total. The van der Waals surface area contributed by atoms with Gasteiger partial charge in [-0.05, 0) is 29.9 Å². The lowest BCUT2D eigenvalue weighted by atomic mass is 10.1. The van der Waals surface area contributed by atoms with Gasteiger partial charge in [0.25, 0.3) is 17.5 Å². The summed E-state index contributed by atoms with van der Waals surface area (Å²) in [6.07, 6.45) is 0.842. The number of carbonyl (C=O) groups excluding carboxylic acids is 1. The van der Waals surface area contributed by atoms with E-state index in [-0.39, 0.29) is 22.3 Å². The summed E-state index contributed by atoms with van der Waals surface area (Å²) in [6, 6.07) is 5.58. The largest absolute Gasteiger partial charge is 0.298 e. The van der Waals surface area contributed by atoms with E-state index < -0.39 is 10.8 Å².